The maximum atomic E-state index is 13.9. The zero-order valence-corrected chi connectivity index (χ0v) is 17.4. The Morgan fingerprint density at radius 1 is 1.03 bits per heavy atom. The number of aryl methyl sites for hydroxylation is 1. The minimum Gasteiger partial charge on any atom is -0.381 e. The van der Waals surface area contributed by atoms with E-state index in [9.17, 15) is 8.78 Å². The predicted octanol–water partition coefficient (Wildman–Crippen LogP) is 4.61. The number of aromatic nitrogens is 2. The minimum absolute atomic E-state index is 0.144. The molecule has 1 aromatic heterocycles. The molecule has 30 heavy (non-hydrogen) atoms. The van der Waals surface area contributed by atoms with Gasteiger partial charge in [0.2, 0.25) is 0 Å². The quantitative estimate of drug-likeness (QED) is 0.644. The van der Waals surface area contributed by atoms with Crippen LogP contribution in [0.1, 0.15) is 35.4 Å². The third-order valence-electron chi connectivity index (χ3n) is 6.16. The van der Waals surface area contributed by atoms with Crippen molar-refractivity contribution >= 4 is 0 Å². The van der Waals surface area contributed by atoms with Crippen molar-refractivity contribution in [2.24, 2.45) is 0 Å². The standard InChI is InChI=1S/C24H27F2N3O/c1-17-23(18(2)29(28-17)22-8-6-20(25)7-9-22)15-27-16-24(10-12-30-13-11-24)19-4-3-5-21(26)14-19/h3-9,14,27H,10-13,15-16H2,1-2H3. The number of rotatable bonds is 6. The molecule has 1 aliphatic rings. The molecule has 3 aromatic rings. The fourth-order valence-electron chi connectivity index (χ4n) is 4.34. The van der Waals surface area contributed by atoms with Gasteiger partial charge in [-0.05, 0) is 68.7 Å². The van der Waals surface area contributed by atoms with E-state index in [4.69, 9.17) is 4.74 Å². The van der Waals surface area contributed by atoms with Crippen LogP contribution >= 0.6 is 0 Å². The lowest BCUT2D eigenvalue weighted by atomic mass is 9.74. The smallest absolute Gasteiger partial charge is 0.123 e. The number of hydrogen-bond acceptors (Lipinski definition) is 3. The summed E-state index contributed by atoms with van der Waals surface area (Å²) < 4.78 is 34.6. The van der Waals surface area contributed by atoms with Gasteiger partial charge in [0.15, 0.2) is 0 Å². The molecule has 4 rings (SSSR count). The van der Waals surface area contributed by atoms with Gasteiger partial charge in [0.05, 0.1) is 11.4 Å². The van der Waals surface area contributed by atoms with Crippen LogP contribution in [0.15, 0.2) is 48.5 Å². The normalized spacial score (nSPS) is 16.0. The van der Waals surface area contributed by atoms with E-state index in [1.165, 1.54) is 18.2 Å². The second-order valence-electron chi connectivity index (χ2n) is 8.04. The first-order chi connectivity index (χ1) is 14.5. The maximum Gasteiger partial charge on any atom is 0.123 e. The largest absolute Gasteiger partial charge is 0.381 e. The van der Waals surface area contributed by atoms with Gasteiger partial charge < -0.3 is 10.1 Å². The van der Waals surface area contributed by atoms with Gasteiger partial charge in [-0.25, -0.2) is 13.5 Å². The summed E-state index contributed by atoms with van der Waals surface area (Å²) in [6.45, 7) is 6.77. The molecule has 1 fully saturated rings. The molecule has 0 aliphatic carbocycles. The molecule has 0 atom stereocenters. The minimum atomic E-state index is -0.263. The van der Waals surface area contributed by atoms with E-state index >= 15 is 0 Å². The molecule has 0 unspecified atom stereocenters. The van der Waals surface area contributed by atoms with E-state index in [0.717, 1.165) is 47.6 Å². The van der Waals surface area contributed by atoms with Crippen molar-refractivity contribution in [1.82, 2.24) is 15.1 Å². The van der Waals surface area contributed by atoms with Crippen molar-refractivity contribution in [1.29, 1.82) is 0 Å². The van der Waals surface area contributed by atoms with Crippen LogP contribution in [0.3, 0.4) is 0 Å². The second-order valence-corrected chi connectivity index (χ2v) is 8.04. The molecular formula is C24H27F2N3O. The van der Waals surface area contributed by atoms with Crippen molar-refractivity contribution in [2.45, 2.75) is 38.6 Å². The third-order valence-corrected chi connectivity index (χ3v) is 6.16. The van der Waals surface area contributed by atoms with Gasteiger partial charge in [-0.15, -0.1) is 0 Å². The summed E-state index contributed by atoms with van der Waals surface area (Å²) in [4.78, 5) is 0. The SMILES string of the molecule is Cc1nn(-c2ccc(F)cc2)c(C)c1CNCC1(c2cccc(F)c2)CCOCC1. The van der Waals surface area contributed by atoms with Gasteiger partial charge in [-0.1, -0.05) is 12.1 Å². The monoisotopic (exact) mass is 411 g/mol. The van der Waals surface area contributed by atoms with E-state index in [1.54, 1.807) is 24.3 Å². The molecule has 1 saturated heterocycles. The molecule has 1 N–H and O–H groups in total. The predicted molar refractivity (Wildman–Crippen MR) is 113 cm³/mol. The van der Waals surface area contributed by atoms with Crippen molar-refractivity contribution in [3.05, 3.63) is 82.7 Å². The van der Waals surface area contributed by atoms with Crippen LogP contribution in [0.5, 0.6) is 0 Å². The maximum absolute atomic E-state index is 13.9. The van der Waals surface area contributed by atoms with E-state index in [0.29, 0.717) is 19.8 Å². The molecular weight excluding hydrogens is 384 g/mol. The van der Waals surface area contributed by atoms with Crippen molar-refractivity contribution in [2.75, 3.05) is 19.8 Å². The number of ether oxygens (including phenoxy) is 1. The number of halogens is 2. The van der Waals surface area contributed by atoms with Crippen molar-refractivity contribution < 1.29 is 13.5 Å². The Morgan fingerprint density at radius 3 is 2.47 bits per heavy atom. The molecule has 0 spiro atoms. The molecule has 0 saturated carbocycles. The summed E-state index contributed by atoms with van der Waals surface area (Å²) >= 11 is 0. The Hall–Kier alpha value is -2.57. The molecule has 6 heteroatoms. The van der Waals surface area contributed by atoms with Gasteiger partial charge in [-0.3, -0.25) is 0 Å². The van der Waals surface area contributed by atoms with E-state index in [1.807, 2.05) is 24.6 Å². The highest BCUT2D eigenvalue weighted by atomic mass is 19.1. The van der Waals surface area contributed by atoms with Gasteiger partial charge in [0.1, 0.15) is 11.6 Å². The lowest BCUT2D eigenvalue weighted by molar-refractivity contribution is 0.0496. The van der Waals surface area contributed by atoms with Crippen molar-refractivity contribution in [3.63, 3.8) is 0 Å². The molecule has 0 bridgehead atoms. The van der Waals surface area contributed by atoms with Crippen LogP contribution in [-0.2, 0) is 16.7 Å². The van der Waals surface area contributed by atoms with Crippen LogP contribution in [-0.4, -0.2) is 29.5 Å². The number of nitrogens with one attached hydrogen (secondary N) is 1. The molecule has 0 radical (unpaired) electrons. The molecule has 158 valence electrons. The third kappa shape index (κ3) is 4.16. The molecule has 4 nitrogen and oxygen atoms in total. The van der Waals surface area contributed by atoms with Crippen LogP contribution < -0.4 is 5.32 Å². The van der Waals surface area contributed by atoms with E-state index in [2.05, 4.69) is 10.4 Å². The number of nitrogens with zero attached hydrogens (tertiary/aromatic N) is 2. The topological polar surface area (TPSA) is 39.1 Å². The summed E-state index contributed by atoms with van der Waals surface area (Å²) in [5, 5.41) is 8.24. The summed E-state index contributed by atoms with van der Waals surface area (Å²) in [5.41, 5.74) is 4.81. The Labute approximate surface area is 175 Å². The zero-order chi connectivity index (χ0) is 21.1. The Kier molecular flexibility index (Phi) is 5.97. The van der Waals surface area contributed by atoms with E-state index < -0.39 is 0 Å². The lowest BCUT2D eigenvalue weighted by Crippen LogP contribution is -2.42. The van der Waals surface area contributed by atoms with Gasteiger partial charge in [0, 0.05) is 43.0 Å². The summed E-state index contributed by atoms with van der Waals surface area (Å²) in [6, 6.07) is 13.3. The molecule has 0 amide bonds. The van der Waals surface area contributed by atoms with Crippen LogP contribution in [0, 0.1) is 25.5 Å². The van der Waals surface area contributed by atoms with Gasteiger partial charge >= 0.3 is 0 Å². The highest BCUT2D eigenvalue weighted by molar-refractivity contribution is 5.37. The molecule has 2 aromatic carbocycles. The first-order valence-electron chi connectivity index (χ1n) is 10.3. The summed E-state index contributed by atoms with van der Waals surface area (Å²) in [6.07, 6.45) is 1.71. The summed E-state index contributed by atoms with van der Waals surface area (Å²) in [5.74, 6) is -0.466. The number of benzene rings is 2. The highest BCUT2D eigenvalue weighted by Crippen LogP contribution is 2.34. The Morgan fingerprint density at radius 2 is 1.77 bits per heavy atom. The second kappa shape index (κ2) is 8.66. The fourth-order valence-corrected chi connectivity index (χ4v) is 4.34. The highest BCUT2D eigenvalue weighted by Gasteiger charge is 2.34. The molecule has 1 aliphatic heterocycles. The molecule has 2 heterocycles. The van der Waals surface area contributed by atoms with Crippen LogP contribution in [0.4, 0.5) is 8.78 Å². The average molecular weight is 411 g/mol. The zero-order valence-electron chi connectivity index (χ0n) is 17.4. The van der Waals surface area contributed by atoms with E-state index in [-0.39, 0.29) is 17.0 Å². The lowest BCUT2D eigenvalue weighted by Gasteiger charge is -2.38. The fraction of sp³-hybridized carbons (Fsp3) is 0.375. The Bertz CT molecular complexity index is 1010. The average Bonchev–Trinajstić information content (AvgIpc) is 3.03. The van der Waals surface area contributed by atoms with Crippen molar-refractivity contribution in [3.8, 4) is 5.69 Å². The van der Waals surface area contributed by atoms with Gasteiger partial charge in [0.25, 0.3) is 0 Å². The van der Waals surface area contributed by atoms with Crippen LogP contribution in [0.2, 0.25) is 0 Å². The summed E-state index contributed by atoms with van der Waals surface area (Å²) in [7, 11) is 0. The van der Waals surface area contributed by atoms with Crippen LogP contribution in [0.25, 0.3) is 5.69 Å². The first kappa shape index (κ1) is 20.7. The van der Waals surface area contributed by atoms with Gasteiger partial charge in [-0.2, -0.15) is 5.10 Å². The number of hydrogen-bond donors (Lipinski definition) is 1. The Balaban J connectivity index is 1.52. The first-order valence-corrected chi connectivity index (χ1v) is 10.3.